The van der Waals surface area contributed by atoms with E-state index in [4.69, 9.17) is 0 Å². The molecular weight excluding hydrogens is 266 g/mol. The van der Waals surface area contributed by atoms with Crippen molar-refractivity contribution in [3.63, 3.8) is 0 Å². The summed E-state index contributed by atoms with van der Waals surface area (Å²) in [4.78, 5) is 5.79. The summed E-state index contributed by atoms with van der Waals surface area (Å²) in [6.45, 7) is 5.32. The molecule has 108 valence electrons. The SMILES string of the molecule is CCNC(CSc1ccccc1C)Cc1nccn1C. The first-order valence-electron chi connectivity index (χ1n) is 7.08. The maximum Gasteiger partial charge on any atom is 0.109 e. The van der Waals surface area contributed by atoms with Gasteiger partial charge in [0.25, 0.3) is 0 Å². The van der Waals surface area contributed by atoms with Gasteiger partial charge in [0.05, 0.1) is 0 Å². The molecular formula is C16H23N3S. The Bertz CT molecular complexity index is 536. The fourth-order valence-electron chi connectivity index (χ4n) is 2.20. The molecule has 1 aromatic heterocycles. The van der Waals surface area contributed by atoms with Gasteiger partial charge in [-0.3, -0.25) is 0 Å². The molecule has 0 saturated heterocycles. The average Bonchev–Trinajstić information content (AvgIpc) is 2.83. The van der Waals surface area contributed by atoms with Crippen LogP contribution in [0.4, 0.5) is 0 Å². The van der Waals surface area contributed by atoms with Crippen molar-refractivity contribution in [2.24, 2.45) is 7.05 Å². The van der Waals surface area contributed by atoms with Crippen molar-refractivity contribution >= 4 is 11.8 Å². The van der Waals surface area contributed by atoms with E-state index in [1.807, 2.05) is 24.2 Å². The lowest BCUT2D eigenvalue weighted by Crippen LogP contribution is -2.34. The largest absolute Gasteiger partial charge is 0.338 e. The fourth-order valence-corrected chi connectivity index (χ4v) is 3.29. The van der Waals surface area contributed by atoms with Gasteiger partial charge in [0.2, 0.25) is 0 Å². The van der Waals surface area contributed by atoms with Gasteiger partial charge in [-0.15, -0.1) is 11.8 Å². The molecule has 1 unspecified atom stereocenters. The predicted octanol–water partition coefficient (Wildman–Crippen LogP) is 3.04. The zero-order chi connectivity index (χ0) is 14.4. The number of nitrogens with one attached hydrogen (secondary N) is 1. The predicted molar refractivity (Wildman–Crippen MR) is 86.3 cm³/mol. The molecule has 0 radical (unpaired) electrons. The highest BCUT2D eigenvalue weighted by atomic mass is 32.2. The van der Waals surface area contributed by atoms with Crippen LogP contribution in [0.25, 0.3) is 0 Å². The van der Waals surface area contributed by atoms with Crippen molar-refractivity contribution in [2.45, 2.75) is 31.2 Å². The Balaban J connectivity index is 1.96. The Morgan fingerprint density at radius 1 is 1.35 bits per heavy atom. The molecule has 0 bridgehead atoms. The first kappa shape index (κ1) is 15.1. The topological polar surface area (TPSA) is 29.9 Å². The molecule has 0 saturated carbocycles. The highest BCUT2D eigenvalue weighted by molar-refractivity contribution is 7.99. The molecule has 1 aromatic carbocycles. The quantitative estimate of drug-likeness (QED) is 0.795. The van der Waals surface area contributed by atoms with Crippen molar-refractivity contribution in [3.8, 4) is 0 Å². The molecule has 20 heavy (non-hydrogen) atoms. The van der Waals surface area contributed by atoms with E-state index in [1.54, 1.807) is 0 Å². The molecule has 4 heteroatoms. The maximum absolute atomic E-state index is 4.42. The van der Waals surface area contributed by atoms with E-state index < -0.39 is 0 Å². The Kier molecular flexibility index (Phi) is 5.68. The van der Waals surface area contributed by atoms with Gasteiger partial charge in [0.15, 0.2) is 0 Å². The van der Waals surface area contributed by atoms with Gasteiger partial charge < -0.3 is 9.88 Å². The second-order valence-corrected chi connectivity index (χ2v) is 6.05. The zero-order valence-electron chi connectivity index (χ0n) is 12.5. The van der Waals surface area contributed by atoms with Gasteiger partial charge >= 0.3 is 0 Å². The minimum absolute atomic E-state index is 0.450. The molecule has 0 fully saturated rings. The Labute approximate surface area is 125 Å². The van der Waals surface area contributed by atoms with Crippen LogP contribution in [0.3, 0.4) is 0 Å². The standard InChI is InChI=1S/C16H23N3S/c1-4-17-14(11-16-18-9-10-19(16)3)12-20-15-8-6-5-7-13(15)2/h5-10,14,17H,4,11-12H2,1-3H3. The van der Waals surface area contributed by atoms with E-state index in [1.165, 1.54) is 10.5 Å². The molecule has 1 atom stereocenters. The summed E-state index contributed by atoms with van der Waals surface area (Å²) in [6, 6.07) is 9.02. The maximum atomic E-state index is 4.42. The van der Waals surface area contributed by atoms with Crippen molar-refractivity contribution in [1.82, 2.24) is 14.9 Å². The average molecular weight is 289 g/mol. The molecule has 0 amide bonds. The van der Waals surface area contributed by atoms with Gasteiger partial charge in [-0.05, 0) is 25.1 Å². The van der Waals surface area contributed by atoms with E-state index in [-0.39, 0.29) is 0 Å². The molecule has 2 rings (SSSR count). The number of hydrogen-bond acceptors (Lipinski definition) is 3. The molecule has 0 aliphatic heterocycles. The molecule has 0 spiro atoms. The lowest BCUT2D eigenvalue weighted by Gasteiger charge is -2.18. The number of aromatic nitrogens is 2. The first-order valence-corrected chi connectivity index (χ1v) is 8.07. The molecule has 0 aliphatic carbocycles. The number of hydrogen-bond donors (Lipinski definition) is 1. The van der Waals surface area contributed by atoms with Crippen LogP contribution >= 0.6 is 11.8 Å². The number of aryl methyl sites for hydroxylation is 2. The monoisotopic (exact) mass is 289 g/mol. The van der Waals surface area contributed by atoms with Crippen molar-refractivity contribution in [1.29, 1.82) is 0 Å². The van der Waals surface area contributed by atoms with Crippen LogP contribution in [-0.4, -0.2) is 27.9 Å². The summed E-state index contributed by atoms with van der Waals surface area (Å²) in [7, 11) is 2.06. The van der Waals surface area contributed by atoms with Gasteiger partial charge in [0.1, 0.15) is 5.82 Å². The number of thioether (sulfide) groups is 1. The molecule has 1 N–H and O–H groups in total. The normalized spacial score (nSPS) is 12.6. The minimum atomic E-state index is 0.450. The van der Waals surface area contributed by atoms with Crippen molar-refractivity contribution < 1.29 is 0 Å². The molecule has 0 aliphatic rings. The third-order valence-electron chi connectivity index (χ3n) is 3.38. The van der Waals surface area contributed by atoms with E-state index in [2.05, 4.69) is 60.0 Å². The van der Waals surface area contributed by atoms with Gasteiger partial charge in [-0.2, -0.15) is 0 Å². The lowest BCUT2D eigenvalue weighted by atomic mass is 10.2. The van der Waals surface area contributed by atoms with Crippen LogP contribution in [0.2, 0.25) is 0 Å². The van der Waals surface area contributed by atoms with Gasteiger partial charge in [0, 0.05) is 42.6 Å². The van der Waals surface area contributed by atoms with Crippen molar-refractivity contribution in [2.75, 3.05) is 12.3 Å². The summed E-state index contributed by atoms with van der Waals surface area (Å²) in [6.07, 6.45) is 4.84. The lowest BCUT2D eigenvalue weighted by molar-refractivity contribution is 0.550. The Hall–Kier alpha value is -1.26. The smallest absolute Gasteiger partial charge is 0.109 e. The third kappa shape index (κ3) is 4.12. The minimum Gasteiger partial charge on any atom is -0.338 e. The van der Waals surface area contributed by atoms with Crippen LogP contribution in [0.15, 0.2) is 41.6 Å². The number of rotatable bonds is 7. The van der Waals surface area contributed by atoms with Crippen LogP contribution < -0.4 is 5.32 Å². The van der Waals surface area contributed by atoms with Gasteiger partial charge in [-0.25, -0.2) is 4.98 Å². The van der Waals surface area contributed by atoms with Crippen LogP contribution in [-0.2, 0) is 13.5 Å². The number of nitrogens with zero attached hydrogens (tertiary/aromatic N) is 2. The third-order valence-corrected chi connectivity index (χ3v) is 4.71. The van der Waals surface area contributed by atoms with Crippen LogP contribution in [0.1, 0.15) is 18.3 Å². The zero-order valence-corrected chi connectivity index (χ0v) is 13.3. The number of imidazole rings is 1. The van der Waals surface area contributed by atoms with Crippen LogP contribution in [0, 0.1) is 6.92 Å². The summed E-state index contributed by atoms with van der Waals surface area (Å²) in [5.74, 6) is 2.20. The van der Waals surface area contributed by atoms with Gasteiger partial charge in [-0.1, -0.05) is 25.1 Å². The second-order valence-electron chi connectivity index (χ2n) is 4.99. The fraction of sp³-hybridized carbons (Fsp3) is 0.438. The summed E-state index contributed by atoms with van der Waals surface area (Å²) < 4.78 is 2.10. The van der Waals surface area contributed by atoms with E-state index >= 15 is 0 Å². The Morgan fingerprint density at radius 2 is 2.15 bits per heavy atom. The van der Waals surface area contributed by atoms with Crippen LogP contribution in [0.5, 0.6) is 0 Å². The van der Waals surface area contributed by atoms with E-state index in [9.17, 15) is 0 Å². The summed E-state index contributed by atoms with van der Waals surface area (Å²) in [5, 5.41) is 3.56. The van der Waals surface area contributed by atoms with E-state index in [0.29, 0.717) is 6.04 Å². The molecule has 3 nitrogen and oxygen atoms in total. The number of likely N-dealkylation sites (N-methyl/N-ethyl adjacent to an activating group) is 1. The van der Waals surface area contributed by atoms with E-state index in [0.717, 1.165) is 24.5 Å². The van der Waals surface area contributed by atoms with Crippen molar-refractivity contribution in [3.05, 3.63) is 48.0 Å². The summed E-state index contributed by atoms with van der Waals surface area (Å²) in [5.41, 5.74) is 1.35. The molecule has 2 aromatic rings. The first-order chi connectivity index (χ1) is 9.70. The highest BCUT2D eigenvalue weighted by Gasteiger charge is 2.12. The Morgan fingerprint density at radius 3 is 2.80 bits per heavy atom. The molecule has 1 heterocycles. The summed E-state index contributed by atoms with van der Waals surface area (Å²) >= 11 is 1.92. The highest BCUT2D eigenvalue weighted by Crippen LogP contribution is 2.23. The second kappa shape index (κ2) is 7.50. The number of benzene rings is 1.